The molecule has 2 aromatic rings. The highest BCUT2D eigenvalue weighted by molar-refractivity contribution is 5.45. The Kier molecular flexibility index (Phi) is 3.76. The predicted octanol–water partition coefficient (Wildman–Crippen LogP) is 3.05. The summed E-state index contributed by atoms with van der Waals surface area (Å²) in [7, 11) is 0. The second-order valence-corrected chi connectivity index (χ2v) is 4.55. The molecule has 3 heteroatoms. The lowest BCUT2D eigenvalue weighted by Gasteiger charge is -2.26. The third kappa shape index (κ3) is 2.71. The topological polar surface area (TPSA) is 49.7 Å². The minimum absolute atomic E-state index is 0.178. The van der Waals surface area contributed by atoms with Crippen molar-refractivity contribution in [3.05, 3.63) is 59.7 Å². The van der Waals surface area contributed by atoms with Crippen LogP contribution in [0.3, 0.4) is 0 Å². The second kappa shape index (κ2) is 5.33. The van der Waals surface area contributed by atoms with E-state index in [1.54, 1.807) is 31.2 Å². The fraction of sp³-hybridized carbons (Fsp3) is 0.250. The first-order valence-electron chi connectivity index (χ1n) is 6.30. The van der Waals surface area contributed by atoms with Crippen LogP contribution in [0.25, 0.3) is 0 Å². The molecule has 0 fully saturated rings. The van der Waals surface area contributed by atoms with Gasteiger partial charge in [-0.05, 0) is 37.6 Å². The minimum atomic E-state index is -1.17. The van der Waals surface area contributed by atoms with Crippen molar-refractivity contribution in [3.8, 4) is 11.5 Å². The van der Waals surface area contributed by atoms with Crippen molar-refractivity contribution in [2.75, 3.05) is 6.61 Å². The monoisotopic (exact) mass is 258 g/mol. The molecular formula is C16H18O3. The van der Waals surface area contributed by atoms with E-state index in [4.69, 9.17) is 4.74 Å². The van der Waals surface area contributed by atoms with Crippen molar-refractivity contribution < 1.29 is 14.9 Å². The molecule has 0 aliphatic carbocycles. The number of phenols is 1. The maximum absolute atomic E-state index is 10.8. The summed E-state index contributed by atoms with van der Waals surface area (Å²) >= 11 is 0. The molecule has 100 valence electrons. The van der Waals surface area contributed by atoms with E-state index in [0.717, 1.165) is 0 Å². The molecule has 3 nitrogen and oxygen atoms in total. The van der Waals surface area contributed by atoms with Crippen molar-refractivity contribution >= 4 is 0 Å². The molecule has 1 unspecified atom stereocenters. The van der Waals surface area contributed by atoms with Crippen LogP contribution < -0.4 is 4.74 Å². The van der Waals surface area contributed by atoms with E-state index in [2.05, 4.69) is 0 Å². The van der Waals surface area contributed by atoms with Crippen LogP contribution in [0.5, 0.6) is 11.5 Å². The summed E-state index contributed by atoms with van der Waals surface area (Å²) in [5.41, 5.74) is 0.249. The van der Waals surface area contributed by atoms with E-state index < -0.39 is 5.60 Å². The van der Waals surface area contributed by atoms with Gasteiger partial charge in [-0.3, -0.25) is 0 Å². The highest BCUT2D eigenvalue weighted by Gasteiger charge is 2.28. The van der Waals surface area contributed by atoms with Crippen LogP contribution in [0.2, 0.25) is 0 Å². The Morgan fingerprint density at radius 3 is 2.32 bits per heavy atom. The Labute approximate surface area is 113 Å². The number of para-hydroxylation sites is 1. The average molecular weight is 258 g/mol. The second-order valence-electron chi connectivity index (χ2n) is 4.55. The third-order valence-corrected chi connectivity index (χ3v) is 3.14. The lowest BCUT2D eigenvalue weighted by molar-refractivity contribution is 0.0980. The van der Waals surface area contributed by atoms with Crippen molar-refractivity contribution in [1.29, 1.82) is 0 Å². The Morgan fingerprint density at radius 2 is 1.68 bits per heavy atom. The molecule has 0 amide bonds. The van der Waals surface area contributed by atoms with Gasteiger partial charge in [0.05, 0.1) is 6.61 Å². The molecule has 0 aromatic heterocycles. The summed E-state index contributed by atoms with van der Waals surface area (Å²) in [6, 6.07) is 14.0. The Morgan fingerprint density at radius 1 is 1.05 bits per heavy atom. The van der Waals surface area contributed by atoms with E-state index in [0.29, 0.717) is 23.5 Å². The molecule has 2 N–H and O–H groups in total. The largest absolute Gasteiger partial charge is 0.508 e. The number of hydrogen-bond acceptors (Lipinski definition) is 3. The van der Waals surface area contributed by atoms with Gasteiger partial charge in [0.2, 0.25) is 0 Å². The molecule has 0 saturated carbocycles. The van der Waals surface area contributed by atoms with E-state index in [9.17, 15) is 10.2 Å². The number of ether oxygens (including phenoxy) is 1. The lowest BCUT2D eigenvalue weighted by Crippen LogP contribution is -2.23. The molecule has 0 saturated heterocycles. The van der Waals surface area contributed by atoms with Crippen LogP contribution in [0.4, 0.5) is 0 Å². The fourth-order valence-corrected chi connectivity index (χ4v) is 2.09. The van der Waals surface area contributed by atoms with Crippen LogP contribution in [0.1, 0.15) is 25.0 Å². The van der Waals surface area contributed by atoms with Gasteiger partial charge in [-0.25, -0.2) is 0 Å². The highest BCUT2D eigenvalue weighted by atomic mass is 16.5. The van der Waals surface area contributed by atoms with Gasteiger partial charge in [0.25, 0.3) is 0 Å². The van der Waals surface area contributed by atoms with Crippen LogP contribution in [-0.2, 0) is 5.60 Å². The number of aromatic hydroxyl groups is 1. The SMILES string of the molecule is CCOc1ccccc1C(C)(O)c1ccc(O)cc1. The molecule has 0 aliphatic rings. The van der Waals surface area contributed by atoms with Gasteiger partial charge in [0, 0.05) is 5.56 Å². The summed E-state index contributed by atoms with van der Waals surface area (Å²) in [6.45, 7) is 4.17. The molecule has 0 radical (unpaired) electrons. The molecule has 19 heavy (non-hydrogen) atoms. The quantitative estimate of drug-likeness (QED) is 0.886. The number of phenolic OH excluding ortho intramolecular Hbond substituents is 1. The average Bonchev–Trinajstić information content (AvgIpc) is 2.40. The molecule has 0 heterocycles. The van der Waals surface area contributed by atoms with E-state index >= 15 is 0 Å². The normalized spacial score (nSPS) is 13.8. The number of hydrogen-bond donors (Lipinski definition) is 2. The van der Waals surface area contributed by atoms with Crippen molar-refractivity contribution in [2.45, 2.75) is 19.4 Å². The van der Waals surface area contributed by atoms with Crippen molar-refractivity contribution in [3.63, 3.8) is 0 Å². The Bertz CT molecular complexity index is 544. The zero-order valence-electron chi connectivity index (χ0n) is 11.1. The molecular weight excluding hydrogens is 240 g/mol. The zero-order chi connectivity index (χ0) is 13.9. The van der Waals surface area contributed by atoms with Crippen LogP contribution in [0, 0.1) is 0 Å². The van der Waals surface area contributed by atoms with E-state index in [1.807, 2.05) is 31.2 Å². The molecule has 0 spiro atoms. The van der Waals surface area contributed by atoms with E-state index in [1.165, 1.54) is 0 Å². The number of rotatable bonds is 4. The first-order valence-corrected chi connectivity index (χ1v) is 6.30. The molecule has 0 aliphatic heterocycles. The fourth-order valence-electron chi connectivity index (χ4n) is 2.09. The van der Waals surface area contributed by atoms with Crippen LogP contribution >= 0.6 is 0 Å². The van der Waals surface area contributed by atoms with Gasteiger partial charge >= 0.3 is 0 Å². The van der Waals surface area contributed by atoms with Crippen LogP contribution in [0.15, 0.2) is 48.5 Å². The summed E-state index contributed by atoms with van der Waals surface area (Å²) in [6.07, 6.45) is 0. The lowest BCUT2D eigenvalue weighted by atomic mass is 9.87. The predicted molar refractivity (Wildman–Crippen MR) is 74.4 cm³/mol. The van der Waals surface area contributed by atoms with Gasteiger partial charge in [-0.1, -0.05) is 30.3 Å². The highest BCUT2D eigenvalue weighted by Crippen LogP contribution is 2.35. The summed E-state index contributed by atoms with van der Waals surface area (Å²) in [5.74, 6) is 0.848. The summed E-state index contributed by atoms with van der Waals surface area (Å²) in [4.78, 5) is 0. The summed E-state index contributed by atoms with van der Waals surface area (Å²) in [5, 5.41) is 20.1. The van der Waals surface area contributed by atoms with Gasteiger partial charge in [-0.15, -0.1) is 0 Å². The summed E-state index contributed by atoms with van der Waals surface area (Å²) < 4.78 is 5.56. The van der Waals surface area contributed by atoms with E-state index in [-0.39, 0.29) is 5.75 Å². The zero-order valence-corrected chi connectivity index (χ0v) is 11.1. The van der Waals surface area contributed by atoms with Crippen molar-refractivity contribution in [1.82, 2.24) is 0 Å². The standard InChI is InChI=1S/C16H18O3/c1-3-19-15-7-5-4-6-14(15)16(2,18)12-8-10-13(17)11-9-12/h4-11,17-18H,3H2,1-2H3. The number of benzene rings is 2. The smallest absolute Gasteiger partial charge is 0.125 e. The van der Waals surface area contributed by atoms with Gasteiger partial charge in [0.15, 0.2) is 0 Å². The van der Waals surface area contributed by atoms with Crippen LogP contribution in [-0.4, -0.2) is 16.8 Å². The minimum Gasteiger partial charge on any atom is -0.508 e. The first-order chi connectivity index (χ1) is 9.05. The molecule has 1 atom stereocenters. The van der Waals surface area contributed by atoms with Gasteiger partial charge in [0.1, 0.15) is 17.1 Å². The maximum Gasteiger partial charge on any atom is 0.125 e. The molecule has 2 aromatic carbocycles. The third-order valence-electron chi connectivity index (χ3n) is 3.14. The maximum atomic E-state index is 10.8. The Hall–Kier alpha value is -2.00. The number of aliphatic hydroxyl groups is 1. The first kappa shape index (κ1) is 13.4. The molecule has 2 rings (SSSR count). The molecule has 0 bridgehead atoms. The van der Waals surface area contributed by atoms with Gasteiger partial charge < -0.3 is 14.9 Å². The van der Waals surface area contributed by atoms with Crippen molar-refractivity contribution in [2.24, 2.45) is 0 Å². The Balaban J connectivity index is 2.46. The van der Waals surface area contributed by atoms with Gasteiger partial charge in [-0.2, -0.15) is 0 Å².